The third-order valence-electron chi connectivity index (χ3n) is 3.57. The van der Waals surface area contributed by atoms with Crippen LogP contribution in [-0.2, 0) is 4.79 Å². The van der Waals surface area contributed by atoms with Crippen LogP contribution < -0.4 is 4.74 Å². The van der Waals surface area contributed by atoms with E-state index in [4.69, 9.17) is 4.74 Å². The molecule has 1 aliphatic carbocycles. The average Bonchev–Trinajstić information content (AvgIpc) is 2.91. The van der Waals surface area contributed by atoms with Gasteiger partial charge in [-0.05, 0) is 31.9 Å². The summed E-state index contributed by atoms with van der Waals surface area (Å²) < 4.78 is 5.37. The first-order valence-electron chi connectivity index (χ1n) is 6.48. The van der Waals surface area contributed by atoms with Crippen LogP contribution in [0.2, 0.25) is 0 Å². The van der Waals surface area contributed by atoms with E-state index in [-0.39, 0.29) is 24.0 Å². The van der Waals surface area contributed by atoms with Crippen LogP contribution in [0, 0.1) is 23.0 Å². The highest BCUT2D eigenvalue weighted by molar-refractivity contribution is 5.82. The van der Waals surface area contributed by atoms with Gasteiger partial charge in [-0.1, -0.05) is 12.8 Å². The van der Waals surface area contributed by atoms with E-state index in [2.05, 4.69) is 0 Å². The predicted octanol–water partition coefficient (Wildman–Crippen LogP) is 3.04. The fraction of sp³-hybridized carbons (Fsp3) is 0.500. The van der Waals surface area contributed by atoms with Crippen LogP contribution in [0.1, 0.15) is 31.2 Å². The van der Waals surface area contributed by atoms with Gasteiger partial charge in [0.15, 0.2) is 5.78 Å². The number of Topliss-reactive ketones (excluding diaryl/α,β-unsaturated/α-hetero) is 1. The largest absolute Gasteiger partial charge is 0.486 e. The van der Waals surface area contributed by atoms with E-state index in [9.17, 15) is 14.9 Å². The van der Waals surface area contributed by atoms with Crippen LogP contribution in [0.25, 0.3) is 0 Å². The fourth-order valence-electron chi connectivity index (χ4n) is 2.40. The van der Waals surface area contributed by atoms with E-state index in [0.717, 1.165) is 25.7 Å². The van der Waals surface area contributed by atoms with E-state index in [1.54, 1.807) is 19.1 Å². The van der Waals surface area contributed by atoms with Crippen molar-refractivity contribution in [3.8, 4) is 5.75 Å². The molecule has 102 valence electrons. The van der Waals surface area contributed by atoms with Gasteiger partial charge in [-0.2, -0.15) is 0 Å². The molecule has 1 aromatic rings. The van der Waals surface area contributed by atoms with Gasteiger partial charge >= 0.3 is 0 Å². The number of carbonyl (C=O) groups is 1. The number of carbonyl (C=O) groups excluding carboxylic acids is 1. The number of benzene rings is 1. The zero-order chi connectivity index (χ0) is 13.8. The van der Waals surface area contributed by atoms with Crippen molar-refractivity contribution < 1.29 is 14.5 Å². The highest BCUT2D eigenvalue weighted by Gasteiger charge is 2.23. The second kappa shape index (κ2) is 5.82. The summed E-state index contributed by atoms with van der Waals surface area (Å²) in [6.07, 6.45) is 4.09. The maximum Gasteiger partial charge on any atom is 0.276 e. The highest BCUT2D eigenvalue weighted by Crippen LogP contribution is 2.27. The minimum absolute atomic E-state index is 0.00484. The fourth-order valence-corrected chi connectivity index (χ4v) is 2.40. The molecule has 1 fully saturated rings. The molecule has 0 atom stereocenters. The van der Waals surface area contributed by atoms with Gasteiger partial charge in [0, 0.05) is 11.5 Å². The molecule has 0 amide bonds. The van der Waals surface area contributed by atoms with Crippen molar-refractivity contribution in [2.24, 2.45) is 5.92 Å². The topological polar surface area (TPSA) is 69.4 Å². The summed E-state index contributed by atoms with van der Waals surface area (Å²) in [6.45, 7) is 1.68. The minimum atomic E-state index is -0.443. The number of nitro groups is 1. The third-order valence-corrected chi connectivity index (χ3v) is 3.57. The highest BCUT2D eigenvalue weighted by atomic mass is 16.6. The smallest absolute Gasteiger partial charge is 0.276 e. The molecule has 1 saturated carbocycles. The normalized spacial score (nSPS) is 15.4. The molecule has 2 rings (SSSR count). The first kappa shape index (κ1) is 13.5. The van der Waals surface area contributed by atoms with Gasteiger partial charge in [0.2, 0.25) is 0 Å². The monoisotopic (exact) mass is 263 g/mol. The Morgan fingerprint density at radius 2 is 2.11 bits per heavy atom. The van der Waals surface area contributed by atoms with E-state index < -0.39 is 4.92 Å². The molecule has 0 aromatic heterocycles. The first-order chi connectivity index (χ1) is 9.08. The average molecular weight is 263 g/mol. The van der Waals surface area contributed by atoms with Crippen molar-refractivity contribution in [2.45, 2.75) is 32.6 Å². The summed E-state index contributed by atoms with van der Waals surface area (Å²) in [5.74, 6) is 0.588. The lowest BCUT2D eigenvalue weighted by molar-refractivity contribution is -0.385. The zero-order valence-electron chi connectivity index (χ0n) is 10.9. The van der Waals surface area contributed by atoms with Crippen LogP contribution in [-0.4, -0.2) is 17.3 Å². The van der Waals surface area contributed by atoms with Crippen LogP contribution >= 0.6 is 0 Å². The van der Waals surface area contributed by atoms with Gasteiger partial charge in [0.1, 0.15) is 12.4 Å². The lowest BCUT2D eigenvalue weighted by Crippen LogP contribution is -2.19. The minimum Gasteiger partial charge on any atom is -0.486 e. The molecule has 5 nitrogen and oxygen atoms in total. The van der Waals surface area contributed by atoms with Crippen molar-refractivity contribution in [2.75, 3.05) is 6.61 Å². The van der Waals surface area contributed by atoms with Gasteiger partial charge in [0.05, 0.1) is 11.0 Å². The molecule has 0 spiro atoms. The van der Waals surface area contributed by atoms with Gasteiger partial charge < -0.3 is 4.74 Å². The molecule has 0 bridgehead atoms. The molecule has 19 heavy (non-hydrogen) atoms. The summed E-state index contributed by atoms with van der Waals surface area (Å²) in [5.41, 5.74) is 0.602. The summed E-state index contributed by atoms with van der Waals surface area (Å²) in [6, 6.07) is 4.66. The van der Waals surface area contributed by atoms with E-state index in [0.29, 0.717) is 11.3 Å². The molecule has 0 aliphatic heterocycles. The van der Waals surface area contributed by atoms with Crippen molar-refractivity contribution in [1.29, 1.82) is 0 Å². The first-order valence-corrected chi connectivity index (χ1v) is 6.48. The number of rotatable bonds is 5. The quantitative estimate of drug-likeness (QED) is 0.604. The number of ether oxygens (including phenoxy) is 1. The van der Waals surface area contributed by atoms with Crippen LogP contribution in [0.4, 0.5) is 5.69 Å². The Morgan fingerprint density at radius 3 is 2.74 bits per heavy atom. The molecule has 0 saturated heterocycles. The molecule has 0 heterocycles. The maximum absolute atomic E-state index is 11.8. The summed E-state index contributed by atoms with van der Waals surface area (Å²) in [4.78, 5) is 22.2. The lowest BCUT2D eigenvalue weighted by atomic mass is 10.0. The number of nitro benzene ring substituents is 1. The third kappa shape index (κ3) is 3.30. The van der Waals surface area contributed by atoms with Gasteiger partial charge in [0.25, 0.3) is 5.69 Å². The van der Waals surface area contributed by atoms with Crippen molar-refractivity contribution in [3.63, 3.8) is 0 Å². The maximum atomic E-state index is 11.8. The predicted molar refractivity (Wildman–Crippen MR) is 70.3 cm³/mol. The Hall–Kier alpha value is -1.91. The summed E-state index contributed by atoms with van der Waals surface area (Å²) >= 11 is 0. The molecular formula is C14H17NO4. The Bertz CT molecular complexity index is 492. The number of aryl methyl sites for hydroxylation is 1. The summed E-state index contributed by atoms with van der Waals surface area (Å²) in [5, 5.41) is 10.8. The van der Waals surface area contributed by atoms with Crippen LogP contribution in [0.5, 0.6) is 5.75 Å². The Kier molecular flexibility index (Phi) is 4.14. The Labute approximate surface area is 111 Å². The van der Waals surface area contributed by atoms with Crippen LogP contribution in [0.3, 0.4) is 0 Å². The van der Waals surface area contributed by atoms with Crippen molar-refractivity contribution >= 4 is 11.5 Å². The van der Waals surface area contributed by atoms with Crippen molar-refractivity contribution in [3.05, 3.63) is 33.9 Å². The van der Waals surface area contributed by atoms with Gasteiger partial charge in [-0.15, -0.1) is 0 Å². The van der Waals surface area contributed by atoms with Crippen molar-refractivity contribution in [1.82, 2.24) is 0 Å². The number of hydrogen-bond donors (Lipinski definition) is 0. The van der Waals surface area contributed by atoms with E-state index >= 15 is 0 Å². The molecule has 5 heteroatoms. The zero-order valence-corrected chi connectivity index (χ0v) is 10.9. The van der Waals surface area contributed by atoms with E-state index in [1.165, 1.54) is 6.07 Å². The SMILES string of the molecule is Cc1ccc(OCC(=O)C2CCCC2)cc1[N+](=O)[O-]. The summed E-state index contributed by atoms with van der Waals surface area (Å²) in [7, 11) is 0. The van der Waals surface area contributed by atoms with Crippen LogP contribution in [0.15, 0.2) is 18.2 Å². The Balaban J connectivity index is 1.97. The number of ketones is 1. The molecule has 0 radical (unpaired) electrons. The van der Waals surface area contributed by atoms with Gasteiger partial charge in [-0.25, -0.2) is 0 Å². The second-order valence-electron chi connectivity index (χ2n) is 4.94. The number of nitrogens with zero attached hydrogens (tertiary/aromatic N) is 1. The Morgan fingerprint density at radius 1 is 1.42 bits per heavy atom. The molecule has 0 N–H and O–H groups in total. The van der Waals surface area contributed by atoms with Gasteiger partial charge in [-0.3, -0.25) is 14.9 Å². The molecule has 1 aliphatic rings. The molecule has 0 unspecified atom stereocenters. The lowest BCUT2D eigenvalue weighted by Gasteiger charge is -2.10. The number of hydrogen-bond acceptors (Lipinski definition) is 4. The standard InChI is InChI=1S/C14H17NO4/c1-10-6-7-12(8-13(10)15(17)18)19-9-14(16)11-4-2-3-5-11/h6-8,11H,2-5,9H2,1H3. The molecule has 1 aromatic carbocycles. The second-order valence-corrected chi connectivity index (χ2v) is 4.94. The van der Waals surface area contributed by atoms with E-state index in [1.807, 2.05) is 0 Å². The molecular weight excluding hydrogens is 246 g/mol.